The summed E-state index contributed by atoms with van der Waals surface area (Å²) in [4.78, 5) is 11.9. The molecular weight excluding hydrogens is 180 g/mol. The van der Waals surface area contributed by atoms with Gasteiger partial charge in [0.1, 0.15) is 6.29 Å². The zero-order valence-corrected chi connectivity index (χ0v) is 8.38. The minimum absolute atomic E-state index is 0.513. The molecule has 0 spiro atoms. The first-order chi connectivity index (χ1) is 6.20. The molecule has 0 saturated heterocycles. The summed E-state index contributed by atoms with van der Waals surface area (Å²) in [5.74, 6) is 0. The van der Waals surface area contributed by atoms with Crippen LogP contribution in [0.25, 0.3) is 0 Å². The number of thioether (sulfide) groups is 1. The van der Waals surface area contributed by atoms with E-state index in [1.807, 2.05) is 37.3 Å². The summed E-state index contributed by atoms with van der Waals surface area (Å²) in [6.07, 6.45) is 2.58. The van der Waals surface area contributed by atoms with E-state index < -0.39 is 4.75 Å². The fraction of sp³-hybridized carbons (Fsp3) is 0.182. The monoisotopic (exact) mass is 192 g/mol. The van der Waals surface area contributed by atoms with E-state index in [9.17, 15) is 4.79 Å². The average Bonchev–Trinajstić information content (AvgIpc) is 2.19. The van der Waals surface area contributed by atoms with Gasteiger partial charge in [-0.1, -0.05) is 24.3 Å². The molecule has 0 amide bonds. The van der Waals surface area contributed by atoms with Gasteiger partial charge in [-0.25, -0.2) is 0 Å². The molecule has 1 atom stereocenters. The second-order valence-electron chi connectivity index (χ2n) is 2.92. The zero-order valence-electron chi connectivity index (χ0n) is 7.57. The molecule has 1 aromatic carbocycles. The van der Waals surface area contributed by atoms with Gasteiger partial charge in [0.2, 0.25) is 0 Å². The van der Waals surface area contributed by atoms with Crippen molar-refractivity contribution in [2.45, 2.75) is 16.6 Å². The minimum atomic E-state index is -0.513. The van der Waals surface area contributed by atoms with Gasteiger partial charge < -0.3 is 4.79 Å². The van der Waals surface area contributed by atoms with Crippen LogP contribution in [0.5, 0.6) is 0 Å². The second-order valence-corrected chi connectivity index (χ2v) is 4.48. The van der Waals surface area contributed by atoms with E-state index >= 15 is 0 Å². The molecule has 0 radical (unpaired) electrons. The van der Waals surface area contributed by atoms with Gasteiger partial charge in [0.05, 0.1) is 4.75 Å². The Labute approximate surface area is 82.9 Å². The summed E-state index contributed by atoms with van der Waals surface area (Å²) >= 11 is 1.50. The maximum Gasteiger partial charge on any atom is 0.139 e. The van der Waals surface area contributed by atoms with Crippen molar-refractivity contribution in [3.63, 3.8) is 0 Å². The van der Waals surface area contributed by atoms with Crippen molar-refractivity contribution in [1.29, 1.82) is 0 Å². The van der Waals surface area contributed by atoms with Crippen molar-refractivity contribution in [3.05, 3.63) is 43.0 Å². The Balaban J connectivity index is 2.79. The summed E-state index contributed by atoms with van der Waals surface area (Å²) in [5, 5.41) is 0. The second kappa shape index (κ2) is 4.28. The summed E-state index contributed by atoms with van der Waals surface area (Å²) in [5.41, 5.74) is 0. The molecule has 0 aliphatic heterocycles. The Morgan fingerprint density at radius 2 is 2.00 bits per heavy atom. The van der Waals surface area contributed by atoms with Crippen molar-refractivity contribution in [2.75, 3.05) is 0 Å². The molecule has 0 aromatic heterocycles. The molecular formula is C11H12OS. The molecule has 1 unspecified atom stereocenters. The third kappa shape index (κ3) is 2.74. The van der Waals surface area contributed by atoms with E-state index in [0.29, 0.717) is 0 Å². The van der Waals surface area contributed by atoms with Crippen molar-refractivity contribution >= 4 is 18.0 Å². The molecule has 2 heteroatoms. The normalized spacial score (nSPS) is 14.5. The standard InChI is InChI=1S/C11H12OS/c1-3-11(2,9-12)13-10-7-5-4-6-8-10/h3-9H,1H2,2H3. The first-order valence-corrected chi connectivity index (χ1v) is 4.86. The number of carbonyl (C=O) groups excluding carboxylic acids is 1. The molecule has 0 fully saturated rings. The summed E-state index contributed by atoms with van der Waals surface area (Å²) in [7, 11) is 0. The molecule has 0 aliphatic carbocycles. The third-order valence-corrected chi connectivity index (χ3v) is 2.93. The van der Waals surface area contributed by atoms with Gasteiger partial charge in [0.15, 0.2) is 0 Å². The molecule has 1 rings (SSSR count). The minimum Gasteiger partial charge on any atom is -0.301 e. The number of aldehydes is 1. The van der Waals surface area contributed by atoms with Crippen molar-refractivity contribution in [1.82, 2.24) is 0 Å². The van der Waals surface area contributed by atoms with Crippen molar-refractivity contribution in [3.8, 4) is 0 Å². The largest absolute Gasteiger partial charge is 0.301 e. The van der Waals surface area contributed by atoms with Crippen LogP contribution in [0.3, 0.4) is 0 Å². The Bertz CT molecular complexity index is 284. The fourth-order valence-electron chi connectivity index (χ4n) is 0.856. The van der Waals surface area contributed by atoms with Crippen LogP contribution in [0.2, 0.25) is 0 Å². The van der Waals surface area contributed by atoms with Gasteiger partial charge >= 0.3 is 0 Å². The van der Waals surface area contributed by atoms with Gasteiger partial charge in [-0.15, -0.1) is 18.3 Å². The van der Waals surface area contributed by atoms with E-state index in [2.05, 4.69) is 6.58 Å². The van der Waals surface area contributed by atoms with E-state index in [4.69, 9.17) is 0 Å². The number of benzene rings is 1. The van der Waals surface area contributed by atoms with Crippen LogP contribution in [0.1, 0.15) is 6.92 Å². The van der Waals surface area contributed by atoms with Crippen LogP contribution >= 0.6 is 11.8 Å². The van der Waals surface area contributed by atoms with Gasteiger partial charge in [-0.3, -0.25) is 0 Å². The molecule has 13 heavy (non-hydrogen) atoms. The van der Waals surface area contributed by atoms with Gasteiger partial charge in [-0.2, -0.15) is 0 Å². The first-order valence-electron chi connectivity index (χ1n) is 4.04. The Morgan fingerprint density at radius 1 is 1.38 bits per heavy atom. The third-order valence-electron chi connectivity index (χ3n) is 1.72. The lowest BCUT2D eigenvalue weighted by atomic mass is 10.2. The van der Waals surface area contributed by atoms with Crippen LogP contribution in [0.4, 0.5) is 0 Å². The topological polar surface area (TPSA) is 17.1 Å². The SMILES string of the molecule is C=CC(C)(C=O)Sc1ccccc1. The Morgan fingerprint density at radius 3 is 2.46 bits per heavy atom. The molecule has 0 saturated carbocycles. The lowest BCUT2D eigenvalue weighted by molar-refractivity contribution is -0.108. The molecule has 1 nitrogen and oxygen atoms in total. The fourth-order valence-corrected chi connectivity index (χ4v) is 1.79. The molecule has 0 heterocycles. The van der Waals surface area contributed by atoms with Crippen LogP contribution in [0, 0.1) is 0 Å². The first kappa shape index (κ1) is 10.1. The lowest BCUT2D eigenvalue weighted by Gasteiger charge is -2.16. The van der Waals surface area contributed by atoms with Crippen LogP contribution in [-0.4, -0.2) is 11.0 Å². The maximum absolute atomic E-state index is 10.8. The number of hydrogen-bond donors (Lipinski definition) is 0. The lowest BCUT2D eigenvalue weighted by Crippen LogP contribution is -2.17. The van der Waals surface area contributed by atoms with Crippen molar-refractivity contribution < 1.29 is 4.79 Å². The van der Waals surface area contributed by atoms with Crippen LogP contribution in [0.15, 0.2) is 47.9 Å². The Kier molecular flexibility index (Phi) is 3.32. The summed E-state index contributed by atoms with van der Waals surface area (Å²) < 4.78 is -0.513. The van der Waals surface area contributed by atoms with Gasteiger partial charge in [0, 0.05) is 4.90 Å². The van der Waals surface area contributed by atoms with Crippen LogP contribution < -0.4 is 0 Å². The average molecular weight is 192 g/mol. The van der Waals surface area contributed by atoms with E-state index in [0.717, 1.165) is 11.2 Å². The zero-order chi connectivity index (χ0) is 9.73. The predicted molar refractivity (Wildman–Crippen MR) is 57.0 cm³/mol. The molecule has 0 aliphatic rings. The molecule has 1 aromatic rings. The highest BCUT2D eigenvalue weighted by Crippen LogP contribution is 2.31. The number of carbonyl (C=O) groups is 1. The number of hydrogen-bond acceptors (Lipinski definition) is 2. The quantitative estimate of drug-likeness (QED) is 0.414. The molecule has 0 N–H and O–H groups in total. The van der Waals surface area contributed by atoms with E-state index in [-0.39, 0.29) is 0 Å². The highest BCUT2D eigenvalue weighted by atomic mass is 32.2. The van der Waals surface area contributed by atoms with Gasteiger partial charge in [-0.05, 0) is 19.1 Å². The molecule has 68 valence electrons. The Hall–Kier alpha value is -1.02. The highest BCUT2D eigenvalue weighted by Gasteiger charge is 2.20. The van der Waals surface area contributed by atoms with E-state index in [1.165, 1.54) is 11.8 Å². The molecule has 0 bridgehead atoms. The predicted octanol–water partition coefficient (Wildman–Crippen LogP) is 2.92. The summed E-state index contributed by atoms with van der Waals surface area (Å²) in [6.45, 7) is 5.50. The number of rotatable bonds is 4. The van der Waals surface area contributed by atoms with E-state index in [1.54, 1.807) is 6.08 Å². The smallest absolute Gasteiger partial charge is 0.139 e. The highest BCUT2D eigenvalue weighted by molar-refractivity contribution is 8.01. The van der Waals surface area contributed by atoms with Crippen LogP contribution in [-0.2, 0) is 4.79 Å². The maximum atomic E-state index is 10.8. The van der Waals surface area contributed by atoms with Crippen molar-refractivity contribution in [2.24, 2.45) is 0 Å². The van der Waals surface area contributed by atoms with Gasteiger partial charge in [0.25, 0.3) is 0 Å². The summed E-state index contributed by atoms with van der Waals surface area (Å²) in [6, 6.07) is 9.83.